The summed E-state index contributed by atoms with van der Waals surface area (Å²) in [6.45, 7) is 3.58. The van der Waals surface area contributed by atoms with Crippen molar-refractivity contribution in [3.63, 3.8) is 0 Å². The van der Waals surface area contributed by atoms with Crippen LogP contribution in [-0.2, 0) is 35.5 Å². The van der Waals surface area contributed by atoms with E-state index < -0.39 is 53.5 Å². The lowest BCUT2D eigenvalue weighted by atomic mass is 9.84. The van der Waals surface area contributed by atoms with Crippen molar-refractivity contribution in [1.82, 2.24) is 20.0 Å². The van der Waals surface area contributed by atoms with Gasteiger partial charge >= 0.3 is 12.4 Å². The number of hydrogen-bond donors (Lipinski definition) is 1. The molecule has 0 radical (unpaired) electrons. The second-order valence-electron chi connectivity index (χ2n) is 10.9. The molecule has 1 aromatic heterocycles. The highest BCUT2D eigenvalue weighted by Gasteiger charge is 2.54. The Morgan fingerprint density at radius 2 is 1.74 bits per heavy atom. The number of rotatable bonds is 7. The molecule has 42 heavy (non-hydrogen) atoms. The Morgan fingerprint density at radius 1 is 1.07 bits per heavy atom. The molecule has 1 N–H and O–H groups in total. The fraction of sp³-hybridized carbons (Fsp3) is 0.448. The molecule has 1 amide bonds. The molecule has 2 saturated heterocycles. The summed E-state index contributed by atoms with van der Waals surface area (Å²) in [4.78, 5) is 14.8. The molecule has 0 bridgehead atoms. The fourth-order valence-corrected chi connectivity index (χ4v) is 6.09. The average molecular weight is 599 g/mol. The molecule has 2 fully saturated rings. The lowest BCUT2D eigenvalue weighted by Crippen LogP contribution is -2.42. The first-order valence-electron chi connectivity index (χ1n) is 13.3. The highest BCUT2D eigenvalue weighted by Crippen LogP contribution is 2.45. The number of hydrogen-bond acceptors (Lipinski definition) is 4. The number of aromatic nitrogens is 2. The van der Waals surface area contributed by atoms with E-state index in [0.717, 1.165) is 5.56 Å². The van der Waals surface area contributed by atoms with Crippen LogP contribution in [0.1, 0.15) is 58.7 Å². The largest absolute Gasteiger partial charge is 0.416 e. The molecule has 0 spiro atoms. The second kappa shape index (κ2) is 11.0. The van der Waals surface area contributed by atoms with Crippen molar-refractivity contribution in [2.24, 2.45) is 7.05 Å². The number of halogens is 7. The standard InChI is InChI=1S/C29H29F7N4O2/c1-15-6-21(30)4-5-22(15)26-24(14-40-25(41)10-23(27(26)40)37-11-17-12-38-39(3)13-17)42-16(2)18-7-19(28(31,32)33)9-20(8-18)29(34,35)36/h4-9,12-13,16,23-24,26-27,37H,10-11,14H2,1-3H3/t16-,23?,24+,26-,27?/m1/s1. The number of nitrogens with zero attached hydrogens (tertiary/aromatic N) is 3. The van der Waals surface area contributed by atoms with Gasteiger partial charge in [0.05, 0.1) is 35.6 Å². The summed E-state index contributed by atoms with van der Waals surface area (Å²) in [5, 5.41) is 7.55. The van der Waals surface area contributed by atoms with Crippen LogP contribution in [0.2, 0.25) is 0 Å². The van der Waals surface area contributed by atoms with Gasteiger partial charge in [-0.05, 0) is 60.9 Å². The summed E-state index contributed by atoms with van der Waals surface area (Å²) in [5.74, 6) is -1.15. The molecule has 5 atom stereocenters. The van der Waals surface area contributed by atoms with Crippen molar-refractivity contribution in [1.29, 1.82) is 0 Å². The number of alkyl halides is 6. The first kappa shape index (κ1) is 30.0. The third-order valence-electron chi connectivity index (χ3n) is 8.01. The summed E-state index contributed by atoms with van der Waals surface area (Å²) < 4.78 is 103. The van der Waals surface area contributed by atoms with Gasteiger partial charge in [0.25, 0.3) is 0 Å². The Bertz CT molecular complexity index is 1440. The van der Waals surface area contributed by atoms with E-state index in [-0.39, 0.29) is 36.5 Å². The normalized spacial score (nSPS) is 23.5. The highest BCUT2D eigenvalue weighted by atomic mass is 19.4. The molecule has 13 heteroatoms. The van der Waals surface area contributed by atoms with Crippen molar-refractivity contribution in [2.75, 3.05) is 6.54 Å². The Kier molecular flexibility index (Phi) is 7.86. The number of carbonyl (C=O) groups excluding carboxylic acids is 1. The van der Waals surface area contributed by atoms with Crippen molar-refractivity contribution >= 4 is 5.91 Å². The number of aryl methyl sites for hydroxylation is 2. The van der Waals surface area contributed by atoms with Gasteiger partial charge in [-0.15, -0.1) is 0 Å². The van der Waals surface area contributed by atoms with E-state index in [1.807, 2.05) is 6.20 Å². The van der Waals surface area contributed by atoms with Crippen LogP contribution < -0.4 is 5.32 Å². The van der Waals surface area contributed by atoms with Crippen LogP contribution in [0, 0.1) is 12.7 Å². The Labute approximate surface area is 237 Å². The molecule has 226 valence electrons. The summed E-state index contributed by atoms with van der Waals surface area (Å²) in [6.07, 6.45) is -8.26. The molecule has 0 saturated carbocycles. The maximum Gasteiger partial charge on any atom is 0.416 e. The minimum Gasteiger partial charge on any atom is -0.368 e. The molecule has 0 aliphatic carbocycles. The Balaban J connectivity index is 1.48. The predicted octanol–water partition coefficient (Wildman–Crippen LogP) is 5.91. The molecule has 2 aromatic carbocycles. The third kappa shape index (κ3) is 6.03. The molecular formula is C29H29F7N4O2. The van der Waals surface area contributed by atoms with Crippen LogP contribution in [0.15, 0.2) is 48.8 Å². The number of ether oxygens (including phenoxy) is 1. The second-order valence-corrected chi connectivity index (χ2v) is 10.9. The van der Waals surface area contributed by atoms with Gasteiger partial charge in [0.2, 0.25) is 5.91 Å². The van der Waals surface area contributed by atoms with Gasteiger partial charge in [0, 0.05) is 50.3 Å². The van der Waals surface area contributed by atoms with Crippen molar-refractivity contribution in [2.45, 2.75) is 69.4 Å². The van der Waals surface area contributed by atoms with E-state index in [1.54, 1.807) is 35.8 Å². The molecule has 6 nitrogen and oxygen atoms in total. The van der Waals surface area contributed by atoms with E-state index in [0.29, 0.717) is 29.8 Å². The average Bonchev–Trinajstić information content (AvgIpc) is 3.56. The molecule has 3 aromatic rings. The van der Waals surface area contributed by atoms with Crippen LogP contribution in [0.3, 0.4) is 0 Å². The van der Waals surface area contributed by atoms with Crippen molar-refractivity contribution in [3.8, 4) is 0 Å². The molecule has 2 aliphatic heterocycles. The monoisotopic (exact) mass is 598 g/mol. The number of fused-ring (bicyclic) bond motifs is 1. The van der Waals surface area contributed by atoms with Gasteiger partial charge in [-0.25, -0.2) is 4.39 Å². The smallest absolute Gasteiger partial charge is 0.368 e. The topological polar surface area (TPSA) is 59.4 Å². The predicted molar refractivity (Wildman–Crippen MR) is 138 cm³/mol. The molecule has 2 unspecified atom stereocenters. The van der Waals surface area contributed by atoms with E-state index in [4.69, 9.17) is 4.74 Å². The van der Waals surface area contributed by atoms with Gasteiger partial charge in [-0.2, -0.15) is 31.4 Å². The van der Waals surface area contributed by atoms with E-state index >= 15 is 0 Å². The van der Waals surface area contributed by atoms with Crippen molar-refractivity contribution in [3.05, 3.63) is 88.0 Å². The van der Waals surface area contributed by atoms with Crippen LogP contribution >= 0.6 is 0 Å². The summed E-state index contributed by atoms with van der Waals surface area (Å²) in [5.41, 5.74) is -0.999. The van der Waals surface area contributed by atoms with Gasteiger partial charge in [-0.1, -0.05) is 6.07 Å². The van der Waals surface area contributed by atoms with E-state index in [1.165, 1.54) is 19.1 Å². The van der Waals surface area contributed by atoms with Crippen LogP contribution in [-0.4, -0.2) is 45.3 Å². The summed E-state index contributed by atoms with van der Waals surface area (Å²) >= 11 is 0. The van der Waals surface area contributed by atoms with Crippen LogP contribution in [0.25, 0.3) is 0 Å². The number of benzene rings is 2. The van der Waals surface area contributed by atoms with Gasteiger partial charge in [-0.3, -0.25) is 9.48 Å². The zero-order valence-corrected chi connectivity index (χ0v) is 22.9. The molecule has 2 aliphatic rings. The Morgan fingerprint density at radius 3 is 2.31 bits per heavy atom. The first-order chi connectivity index (χ1) is 19.6. The zero-order valence-electron chi connectivity index (χ0n) is 22.9. The Hall–Kier alpha value is -3.45. The minimum atomic E-state index is -5.00. The third-order valence-corrected chi connectivity index (χ3v) is 8.01. The zero-order chi connectivity index (χ0) is 30.6. The van der Waals surface area contributed by atoms with Crippen molar-refractivity contribution < 1.29 is 40.3 Å². The number of amides is 1. The van der Waals surface area contributed by atoms with Gasteiger partial charge < -0.3 is 15.0 Å². The molecular weight excluding hydrogens is 569 g/mol. The van der Waals surface area contributed by atoms with E-state index in [2.05, 4.69) is 10.4 Å². The number of nitrogens with one attached hydrogen (secondary N) is 1. The van der Waals surface area contributed by atoms with Gasteiger partial charge in [0.1, 0.15) is 5.82 Å². The summed E-state index contributed by atoms with van der Waals surface area (Å²) in [6, 6.07) is 4.80. The maximum absolute atomic E-state index is 14.0. The fourth-order valence-electron chi connectivity index (χ4n) is 6.09. The molecule has 5 rings (SSSR count). The van der Waals surface area contributed by atoms with Crippen LogP contribution in [0.5, 0.6) is 0 Å². The quantitative estimate of drug-likeness (QED) is 0.344. The van der Waals surface area contributed by atoms with E-state index in [9.17, 15) is 35.5 Å². The minimum absolute atomic E-state index is 0.0732. The van der Waals surface area contributed by atoms with Crippen LogP contribution in [0.4, 0.5) is 30.7 Å². The van der Waals surface area contributed by atoms with Gasteiger partial charge in [0.15, 0.2) is 0 Å². The molecule has 3 heterocycles. The highest BCUT2D eigenvalue weighted by molar-refractivity contribution is 5.81. The summed E-state index contributed by atoms with van der Waals surface area (Å²) in [7, 11) is 1.78. The SMILES string of the molecule is Cc1cc(F)ccc1[C@H]1C2C(NCc3cnn(C)c3)CC(=O)N2C[C@@H]1O[C@H](C)c1cc(C(F)(F)F)cc(C(F)(F)F)c1. The maximum atomic E-state index is 14.0. The lowest BCUT2D eigenvalue weighted by molar-refractivity contribution is -0.143. The lowest BCUT2D eigenvalue weighted by Gasteiger charge is -2.31. The number of carbonyl (C=O) groups is 1. The first-order valence-corrected chi connectivity index (χ1v) is 13.3.